The summed E-state index contributed by atoms with van der Waals surface area (Å²) in [6, 6.07) is 7.60. The minimum atomic E-state index is 0.690. The number of nitrogens with one attached hydrogen (secondary N) is 1. The van der Waals surface area contributed by atoms with Gasteiger partial charge in [0.25, 0.3) is 0 Å². The zero-order valence-electron chi connectivity index (χ0n) is 7.00. The van der Waals surface area contributed by atoms with Crippen LogP contribution in [0.25, 0.3) is 0 Å². The summed E-state index contributed by atoms with van der Waals surface area (Å²) in [5.41, 5.74) is 9.65. The van der Waals surface area contributed by atoms with Crippen molar-refractivity contribution in [2.45, 2.75) is 0 Å². The van der Waals surface area contributed by atoms with Crippen molar-refractivity contribution in [3.63, 3.8) is 0 Å². The summed E-state index contributed by atoms with van der Waals surface area (Å²) in [5.74, 6) is 0.690. The third-order valence-electron chi connectivity index (χ3n) is 1.90. The number of hydrogen-bond acceptors (Lipinski definition) is 3. The fourth-order valence-electron chi connectivity index (χ4n) is 1.23. The number of hydrogen-bond donors (Lipinski definition) is 2. The van der Waals surface area contributed by atoms with Gasteiger partial charge in [-0.05, 0) is 30.3 Å². The lowest BCUT2D eigenvalue weighted by atomic mass is 10.3. The first-order valence-electron chi connectivity index (χ1n) is 4.01. The Kier molecular flexibility index (Phi) is 2.02. The van der Waals surface area contributed by atoms with Crippen molar-refractivity contribution in [2.24, 2.45) is 5.73 Å². The lowest BCUT2D eigenvalue weighted by Crippen LogP contribution is -2.33. The van der Waals surface area contributed by atoms with E-state index < -0.39 is 0 Å². The number of anilines is 1. The molecule has 0 amide bonds. The van der Waals surface area contributed by atoms with Gasteiger partial charge in [0.15, 0.2) is 0 Å². The number of nitrogens with zero attached hydrogens (tertiary/aromatic N) is 1. The van der Waals surface area contributed by atoms with Gasteiger partial charge < -0.3 is 5.73 Å². The predicted molar refractivity (Wildman–Crippen MR) is 54.2 cm³/mol. The molecule has 0 unspecified atom stereocenters. The average Bonchev–Trinajstić information content (AvgIpc) is 2.53. The zero-order chi connectivity index (χ0) is 9.26. The Bertz CT molecular complexity index is 331. The van der Waals surface area contributed by atoms with Crippen molar-refractivity contribution in [3.05, 3.63) is 41.2 Å². The minimum Gasteiger partial charge on any atom is -0.384 e. The summed E-state index contributed by atoms with van der Waals surface area (Å²) < 4.78 is 0. The van der Waals surface area contributed by atoms with Crippen molar-refractivity contribution in [2.75, 3.05) is 11.6 Å². The second kappa shape index (κ2) is 3.18. The summed E-state index contributed by atoms with van der Waals surface area (Å²) in [6.45, 7) is 0.785. The van der Waals surface area contributed by atoms with E-state index in [2.05, 4.69) is 5.43 Å². The van der Waals surface area contributed by atoms with E-state index in [1.807, 2.05) is 35.4 Å². The number of hydrazine groups is 1. The molecule has 1 aromatic rings. The molecule has 1 aliphatic heterocycles. The molecule has 0 aliphatic carbocycles. The molecular formula is C9H10ClN3. The Balaban J connectivity index is 2.14. The monoisotopic (exact) mass is 195 g/mol. The van der Waals surface area contributed by atoms with E-state index in [1.165, 1.54) is 0 Å². The molecule has 0 spiro atoms. The third-order valence-corrected chi connectivity index (χ3v) is 2.15. The molecular weight excluding hydrogens is 186 g/mol. The van der Waals surface area contributed by atoms with Crippen molar-refractivity contribution in [1.29, 1.82) is 0 Å². The molecule has 0 saturated heterocycles. The number of halogens is 1. The summed E-state index contributed by atoms with van der Waals surface area (Å²) >= 11 is 5.77. The quantitative estimate of drug-likeness (QED) is 0.713. The van der Waals surface area contributed by atoms with Crippen LogP contribution in [0.4, 0.5) is 5.69 Å². The molecule has 1 aromatic carbocycles. The SMILES string of the molecule is NC1=CCN(c2ccc(Cl)cc2)N1. The maximum Gasteiger partial charge on any atom is 0.113 e. The molecule has 3 N–H and O–H groups in total. The summed E-state index contributed by atoms with van der Waals surface area (Å²) in [5, 5.41) is 2.69. The van der Waals surface area contributed by atoms with Gasteiger partial charge in [0.1, 0.15) is 5.82 Å². The predicted octanol–water partition coefficient (Wildman–Crippen LogP) is 1.46. The first kappa shape index (κ1) is 8.26. The van der Waals surface area contributed by atoms with E-state index in [0.717, 1.165) is 17.3 Å². The maximum absolute atomic E-state index is 5.77. The Morgan fingerprint density at radius 2 is 2.00 bits per heavy atom. The van der Waals surface area contributed by atoms with Gasteiger partial charge in [0.2, 0.25) is 0 Å². The fourth-order valence-corrected chi connectivity index (χ4v) is 1.35. The Labute approximate surface area is 81.8 Å². The lowest BCUT2D eigenvalue weighted by molar-refractivity contribution is 0.797. The fraction of sp³-hybridized carbons (Fsp3) is 0.111. The van der Waals surface area contributed by atoms with Crippen LogP contribution in [0, 0.1) is 0 Å². The molecule has 0 aromatic heterocycles. The average molecular weight is 196 g/mol. The second-order valence-corrected chi connectivity index (χ2v) is 3.29. The summed E-state index contributed by atoms with van der Waals surface area (Å²) in [6.07, 6.45) is 1.93. The number of rotatable bonds is 1. The molecule has 0 radical (unpaired) electrons. The van der Waals surface area contributed by atoms with Gasteiger partial charge in [0, 0.05) is 5.02 Å². The van der Waals surface area contributed by atoms with Crippen LogP contribution >= 0.6 is 11.6 Å². The van der Waals surface area contributed by atoms with Gasteiger partial charge in [-0.1, -0.05) is 11.6 Å². The molecule has 0 bridgehead atoms. The Morgan fingerprint density at radius 3 is 2.54 bits per heavy atom. The molecule has 0 saturated carbocycles. The second-order valence-electron chi connectivity index (χ2n) is 2.86. The van der Waals surface area contributed by atoms with Gasteiger partial charge >= 0.3 is 0 Å². The topological polar surface area (TPSA) is 41.3 Å². The van der Waals surface area contributed by atoms with E-state index in [0.29, 0.717) is 5.82 Å². The molecule has 68 valence electrons. The van der Waals surface area contributed by atoms with Crippen LogP contribution in [0.2, 0.25) is 5.02 Å². The molecule has 0 fully saturated rings. The van der Waals surface area contributed by atoms with Crippen LogP contribution < -0.4 is 16.2 Å². The van der Waals surface area contributed by atoms with E-state index in [4.69, 9.17) is 17.3 Å². The largest absolute Gasteiger partial charge is 0.384 e. The standard InChI is InChI=1S/C9H10ClN3/c10-7-1-3-8(4-2-7)13-6-5-9(11)12-13/h1-5,12H,6,11H2. The molecule has 4 heteroatoms. The third kappa shape index (κ3) is 1.70. The van der Waals surface area contributed by atoms with Gasteiger partial charge in [-0.3, -0.25) is 10.4 Å². The van der Waals surface area contributed by atoms with Crippen molar-refractivity contribution >= 4 is 17.3 Å². The summed E-state index contributed by atoms with van der Waals surface area (Å²) in [7, 11) is 0. The molecule has 2 rings (SSSR count). The molecule has 1 aliphatic rings. The highest BCUT2D eigenvalue weighted by molar-refractivity contribution is 6.30. The normalized spacial score (nSPS) is 15.5. The van der Waals surface area contributed by atoms with E-state index in [1.54, 1.807) is 0 Å². The summed E-state index contributed by atoms with van der Waals surface area (Å²) in [4.78, 5) is 0. The Morgan fingerprint density at radius 1 is 1.31 bits per heavy atom. The highest BCUT2D eigenvalue weighted by atomic mass is 35.5. The van der Waals surface area contributed by atoms with Gasteiger partial charge in [-0.2, -0.15) is 0 Å². The molecule has 0 atom stereocenters. The van der Waals surface area contributed by atoms with E-state index in [9.17, 15) is 0 Å². The number of nitrogens with two attached hydrogens (primary N) is 1. The van der Waals surface area contributed by atoms with Crippen molar-refractivity contribution in [3.8, 4) is 0 Å². The first-order valence-corrected chi connectivity index (χ1v) is 4.39. The Hall–Kier alpha value is -1.35. The smallest absolute Gasteiger partial charge is 0.113 e. The van der Waals surface area contributed by atoms with Crippen LogP contribution in [-0.4, -0.2) is 6.54 Å². The van der Waals surface area contributed by atoms with Crippen LogP contribution in [0.5, 0.6) is 0 Å². The van der Waals surface area contributed by atoms with Crippen LogP contribution in [0.1, 0.15) is 0 Å². The highest BCUT2D eigenvalue weighted by Gasteiger charge is 2.10. The molecule has 3 nitrogen and oxygen atoms in total. The zero-order valence-corrected chi connectivity index (χ0v) is 7.75. The lowest BCUT2D eigenvalue weighted by Gasteiger charge is -2.19. The molecule has 1 heterocycles. The maximum atomic E-state index is 5.77. The van der Waals surface area contributed by atoms with Crippen LogP contribution in [0.3, 0.4) is 0 Å². The van der Waals surface area contributed by atoms with Crippen LogP contribution in [-0.2, 0) is 0 Å². The van der Waals surface area contributed by atoms with Crippen LogP contribution in [0.15, 0.2) is 36.2 Å². The highest BCUT2D eigenvalue weighted by Crippen LogP contribution is 2.18. The minimum absolute atomic E-state index is 0.690. The number of benzene rings is 1. The van der Waals surface area contributed by atoms with Gasteiger partial charge in [0.05, 0.1) is 12.2 Å². The van der Waals surface area contributed by atoms with Crippen molar-refractivity contribution in [1.82, 2.24) is 5.43 Å². The molecule has 13 heavy (non-hydrogen) atoms. The first-order chi connectivity index (χ1) is 6.25. The van der Waals surface area contributed by atoms with Gasteiger partial charge in [-0.25, -0.2) is 0 Å². The van der Waals surface area contributed by atoms with E-state index >= 15 is 0 Å². The van der Waals surface area contributed by atoms with E-state index in [-0.39, 0.29) is 0 Å². The van der Waals surface area contributed by atoms with Gasteiger partial charge in [-0.15, -0.1) is 0 Å². The van der Waals surface area contributed by atoms with Crippen molar-refractivity contribution < 1.29 is 0 Å².